The van der Waals surface area contributed by atoms with Gasteiger partial charge in [-0.3, -0.25) is 0 Å². The highest BCUT2D eigenvalue weighted by atomic mass is 32.1. The molecule has 0 fully saturated rings. The Morgan fingerprint density at radius 2 is 2.20 bits per heavy atom. The maximum Gasteiger partial charge on any atom is 0.0925 e. The van der Waals surface area contributed by atoms with E-state index in [-0.39, 0.29) is 0 Å². The van der Waals surface area contributed by atoms with Crippen LogP contribution in [-0.2, 0) is 6.54 Å². The second-order valence-corrected chi connectivity index (χ2v) is 5.72. The summed E-state index contributed by atoms with van der Waals surface area (Å²) in [5.74, 6) is 0. The number of aryl methyl sites for hydroxylation is 2. The summed E-state index contributed by atoms with van der Waals surface area (Å²) in [7, 11) is 0. The monoisotopic (exact) mass is 284 g/mol. The average Bonchev–Trinajstić information content (AvgIpc) is 3.06. The van der Waals surface area contributed by atoms with Gasteiger partial charge in [0, 0.05) is 22.3 Å². The molecule has 0 spiro atoms. The number of aromatic nitrogens is 3. The van der Waals surface area contributed by atoms with Crippen LogP contribution in [0.3, 0.4) is 0 Å². The second kappa shape index (κ2) is 5.46. The third-order valence-corrected chi connectivity index (χ3v) is 3.95. The molecule has 4 nitrogen and oxygen atoms in total. The lowest BCUT2D eigenvalue weighted by Gasteiger charge is -2.06. The number of imidazole rings is 1. The molecule has 0 unspecified atom stereocenters. The molecule has 0 amide bonds. The number of nitrogens with zero attached hydrogens (tertiary/aromatic N) is 2. The number of aromatic amines is 1. The van der Waals surface area contributed by atoms with E-state index in [1.807, 2.05) is 19.9 Å². The molecule has 1 aromatic carbocycles. The molecule has 0 saturated carbocycles. The quantitative estimate of drug-likeness (QED) is 0.767. The molecule has 3 aromatic rings. The van der Waals surface area contributed by atoms with Crippen LogP contribution in [0.4, 0.5) is 5.69 Å². The van der Waals surface area contributed by atoms with Crippen LogP contribution in [0, 0.1) is 13.8 Å². The van der Waals surface area contributed by atoms with E-state index >= 15 is 0 Å². The standard InChI is InChI=1S/C15H16N4S/c1-10-14(18-9-17-10)7-16-13-5-3-4-12(6-13)15-8-20-11(2)19-15/h3-6,8-9,16H,7H2,1-2H3,(H,17,18). The van der Waals surface area contributed by atoms with Gasteiger partial charge in [-0.2, -0.15) is 0 Å². The predicted octanol–water partition coefficient (Wildman–Crippen LogP) is 3.76. The van der Waals surface area contributed by atoms with Crippen molar-refractivity contribution >= 4 is 17.0 Å². The van der Waals surface area contributed by atoms with E-state index in [4.69, 9.17) is 0 Å². The maximum absolute atomic E-state index is 4.52. The van der Waals surface area contributed by atoms with Crippen LogP contribution in [0.1, 0.15) is 16.4 Å². The van der Waals surface area contributed by atoms with Gasteiger partial charge in [-0.1, -0.05) is 12.1 Å². The Morgan fingerprint density at radius 3 is 2.90 bits per heavy atom. The molecule has 0 aliphatic carbocycles. The lowest BCUT2D eigenvalue weighted by molar-refractivity contribution is 1.05. The van der Waals surface area contributed by atoms with Crippen molar-refractivity contribution in [3.8, 4) is 11.3 Å². The SMILES string of the molecule is Cc1nc(-c2cccc(NCc3nc[nH]c3C)c2)cs1. The molecule has 0 bridgehead atoms. The van der Waals surface area contributed by atoms with Crippen LogP contribution in [0.25, 0.3) is 11.3 Å². The fraction of sp³-hybridized carbons (Fsp3) is 0.200. The normalized spacial score (nSPS) is 10.7. The van der Waals surface area contributed by atoms with Gasteiger partial charge in [-0.25, -0.2) is 9.97 Å². The van der Waals surface area contributed by atoms with Crippen LogP contribution >= 0.6 is 11.3 Å². The average molecular weight is 284 g/mol. The van der Waals surface area contributed by atoms with Crippen molar-refractivity contribution in [3.63, 3.8) is 0 Å². The van der Waals surface area contributed by atoms with E-state index in [0.29, 0.717) is 0 Å². The van der Waals surface area contributed by atoms with Crippen LogP contribution in [0.5, 0.6) is 0 Å². The zero-order chi connectivity index (χ0) is 13.9. The topological polar surface area (TPSA) is 53.6 Å². The largest absolute Gasteiger partial charge is 0.379 e. The van der Waals surface area contributed by atoms with Gasteiger partial charge in [0.2, 0.25) is 0 Å². The van der Waals surface area contributed by atoms with Crippen LogP contribution in [0.2, 0.25) is 0 Å². The van der Waals surface area contributed by atoms with Crippen molar-refractivity contribution in [3.05, 3.63) is 52.4 Å². The van der Waals surface area contributed by atoms with E-state index < -0.39 is 0 Å². The first-order valence-corrected chi connectivity index (χ1v) is 7.35. The van der Waals surface area contributed by atoms with E-state index in [2.05, 4.69) is 43.8 Å². The number of benzene rings is 1. The minimum Gasteiger partial charge on any atom is -0.379 e. The fourth-order valence-corrected chi connectivity index (χ4v) is 2.66. The first-order chi connectivity index (χ1) is 9.72. The molecule has 2 aromatic heterocycles. The molecule has 2 heterocycles. The summed E-state index contributed by atoms with van der Waals surface area (Å²) in [5, 5.41) is 6.58. The van der Waals surface area contributed by atoms with Gasteiger partial charge in [-0.05, 0) is 26.0 Å². The summed E-state index contributed by atoms with van der Waals surface area (Å²) in [5.41, 5.74) is 5.39. The summed E-state index contributed by atoms with van der Waals surface area (Å²) in [6, 6.07) is 8.31. The number of nitrogens with one attached hydrogen (secondary N) is 2. The van der Waals surface area contributed by atoms with Crippen molar-refractivity contribution in [2.24, 2.45) is 0 Å². The predicted molar refractivity (Wildman–Crippen MR) is 82.9 cm³/mol. The van der Waals surface area contributed by atoms with E-state index in [1.165, 1.54) is 0 Å². The minimum atomic E-state index is 0.717. The molecule has 2 N–H and O–H groups in total. The molecular weight excluding hydrogens is 268 g/mol. The molecular formula is C15H16N4S. The lowest BCUT2D eigenvalue weighted by atomic mass is 10.1. The third kappa shape index (κ3) is 2.72. The molecule has 0 atom stereocenters. The second-order valence-electron chi connectivity index (χ2n) is 4.66. The maximum atomic E-state index is 4.52. The first-order valence-electron chi connectivity index (χ1n) is 6.47. The highest BCUT2D eigenvalue weighted by molar-refractivity contribution is 7.09. The highest BCUT2D eigenvalue weighted by Crippen LogP contribution is 2.24. The molecule has 3 rings (SSSR count). The number of anilines is 1. The van der Waals surface area contributed by atoms with Crippen molar-refractivity contribution in [2.45, 2.75) is 20.4 Å². The smallest absolute Gasteiger partial charge is 0.0925 e. The third-order valence-electron chi connectivity index (χ3n) is 3.17. The Morgan fingerprint density at radius 1 is 1.30 bits per heavy atom. The van der Waals surface area contributed by atoms with Gasteiger partial charge in [-0.15, -0.1) is 11.3 Å². The van der Waals surface area contributed by atoms with Crippen molar-refractivity contribution in [2.75, 3.05) is 5.32 Å². The number of hydrogen-bond acceptors (Lipinski definition) is 4. The van der Waals surface area contributed by atoms with E-state index in [1.54, 1.807) is 17.7 Å². The molecule has 5 heteroatoms. The van der Waals surface area contributed by atoms with Crippen molar-refractivity contribution in [1.29, 1.82) is 0 Å². The van der Waals surface area contributed by atoms with Crippen LogP contribution < -0.4 is 5.32 Å². The van der Waals surface area contributed by atoms with Crippen LogP contribution in [-0.4, -0.2) is 15.0 Å². The number of thiazole rings is 1. The van der Waals surface area contributed by atoms with Gasteiger partial charge in [0.05, 0.1) is 29.3 Å². The first kappa shape index (κ1) is 12.9. The van der Waals surface area contributed by atoms with Gasteiger partial charge in [0.25, 0.3) is 0 Å². The lowest BCUT2D eigenvalue weighted by Crippen LogP contribution is -2.01. The Labute approximate surface area is 121 Å². The summed E-state index contributed by atoms with van der Waals surface area (Å²) in [6.45, 7) is 4.77. The van der Waals surface area contributed by atoms with Gasteiger partial charge in [0.1, 0.15) is 0 Å². The molecule has 0 aliphatic heterocycles. The van der Waals surface area contributed by atoms with Crippen LogP contribution in [0.15, 0.2) is 36.0 Å². The highest BCUT2D eigenvalue weighted by Gasteiger charge is 2.04. The van der Waals surface area contributed by atoms with Gasteiger partial charge in [0.15, 0.2) is 0 Å². The molecule has 20 heavy (non-hydrogen) atoms. The molecule has 102 valence electrons. The summed E-state index contributed by atoms with van der Waals surface area (Å²) >= 11 is 1.67. The van der Waals surface area contributed by atoms with Crippen molar-refractivity contribution < 1.29 is 0 Å². The zero-order valence-electron chi connectivity index (χ0n) is 11.5. The molecule has 0 radical (unpaired) electrons. The molecule has 0 saturated heterocycles. The fourth-order valence-electron chi connectivity index (χ4n) is 2.04. The van der Waals surface area contributed by atoms with E-state index in [0.717, 1.165) is 39.9 Å². The summed E-state index contributed by atoms with van der Waals surface area (Å²) < 4.78 is 0. The molecule has 0 aliphatic rings. The minimum absolute atomic E-state index is 0.717. The number of rotatable bonds is 4. The summed E-state index contributed by atoms with van der Waals surface area (Å²) in [4.78, 5) is 11.9. The number of hydrogen-bond donors (Lipinski definition) is 2. The Bertz CT molecular complexity index is 714. The Hall–Kier alpha value is -2.14. The number of H-pyrrole nitrogens is 1. The van der Waals surface area contributed by atoms with Gasteiger partial charge >= 0.3 is 0 Å². The van der Waals surface area contributed by atoms with E-state index in [9.17, 15) is 0 Å². The Balaban J connectivity index is 1.76. The Kier molecular flexibility index (Phi) is 3.52. The summed E-state index contributed by atoms with van der Waals surface area (Å²) in [6.07, 6.45) is 1.72. The van der Waals surface area contributed by atoms with Crippen molar-refractivity contribution in [1.82, 2.24) is 15.0 Å². The zero-order valence-corrected chi connectivity index (χ0v) is 12.3. The van der Waals surface area contributed by atoms with Gasteiger partial charge < -0.3 is 10.3 Å².